The maximum Gasteiger partial charge on any atom is 0.332 e. The Balaban J connectivity index is 2.08. The Morgan fingerprint density at radius 2 is 2.00 bits per heavy atom. The quantitative estimate of drug-likeness (QED) is 0.638. The van der Waals surface area contributed by atoms with Crippen molar-refractivity contribution in [3.63, 3.8) is 0 Å². The van der Waals surface area contributed by atoms with Gasteiger partial charge < -0.3 is 11.1 Å². The van der Waals surface area contributed by atoms with Crippen LogP contribution in [0.25, 0.3) is 0 Å². The zero-order valence-electron chi connectivity index (χ0n) is 12.6. The van der Waals surface area contributed by atoms with E-state index in [9.17, 15) is 10.1 Å². The third-order valence-corrected chi connectivity index (χ3v) is 4.14. The molecule has 0 aromatic carbocycles. The monoisotopic (exact) mass is 293 g/mol. The lowest BCUT2D eigenvalue weighted by molar-refractivity contribution is -0.385. The Bertz CT molecular complexity index is 512. The summed E-state index contributed by atoms with van der Waals surface area (Å²) in [6.07, 6.45) is 6.86. The van der Waals surface area contributed by atoms with Crippen molar-refractivity contribution in [1.82, 2.24) is 9.97 Å². The molecule has 7 heteroatoms. The minimum atomic E-state index is -0.445. The lowest BCUT2D eigenvalue weighted by Gasteiger charge is -2.29. The maximum atomic E-state index is 11.2. The van der Waals surface area contributed by atoms with Crippen molar-refractivity contribution in [3.8, 4) is 0 Å². The van der Waals surface area contributed by atoms with Crippen LogP contribution in [-0.4, -0.2) is 20.9 Å². The highest BCUT2D eigenvalue weighted by atomic mass is 16.6. The van der Waals surface area contributed by atoms with Crippen molar-refractivity contribution >= 4 is 17.5 Å². The van der Waals surface area contributed by atoms with E-state index in [4.69, 9.17) is 5.73 Å². The van der Waals surface area contributed by atoms with Gasteiger partial charge in [-0.05, 0) is 38.5 Å². The van der Waals surface area contributed by atoms with Gasteiger partial charge in [0.25, 0.3) is 0 Å². The Morgan fingerprint density at radius 3 is 2.57 bits per heavy atom. The highest BCUT2D eigenvalue weighted by molar-refractivity contribution is 5.60. The average Bonchev–Trinajstić information content (AvgIpc) is 2.40. The SMILES string of the molecule is CCCC1CCC(Nc2nc(N)nc(C)c2[N+](=O)[O-])CC1. The lowest BCUT2D eigenvalue weighted by Crippen LogP contribution is -2.27. The number of nitrogens with one attached hydrogen (secondary N) is 1. The molecule has 1 aromatic rings. The van der Waals surface area contributed by atoms with E-state index < -0.39 is 4.92 Å². The molecule has 0 saturated heterocycles. The summed E-state index contributed by atoms with van der Waals surface area (Å²) < 4.78 is 0. The summed E-state index contributed by atoms with van der Waals surface area (Å²) in [5.41, 5.74) is 5.84. The van der Waals surface area contributed by atoms with Gasteiger partial charge in [0.15, 0.2) is 0 Å². The third kappa shape index (κ3) is 3.80. The number of anilines is 2. The third-order valence-electron chi connectivity index (χ3n) is 4.14. The summed E-state index contributed by atoms with van der Waals surface area (Å²) in [6.45, 7) is 3.79. The fraction of sp³-hybridized carbons (Fsp3) is 0.714. The summed E-state index contributed by atoms with van der Waals surface area (Å²) in [7, 11) is 0. The van der Waals surface area contributed by atoms with Crippen molar-refractivity contribution in [1.29, 1.82) is 0 Å². The molecule has 1 saturated carbocycles. The zero-order chi connectivity index (χ0) is 15.4. The second-order valence-electron chi connectivity index (χ2n) is 5.77. The van der Waals surface area contributed by atoms with Crippen LogP contribution < -0.4 is 11.1 Å². The number of aryl methyl sites for hydroxylation is 1. The largest absolute Gasteiger partial charge is 0.368 e. The fourth-order valence-corrected chi connectivity index (χ4v) is 3.10. The Morgan fingerprint density at radius 1 is 1.33 bits per heavy atom. The summed E-state index contributed by atoms with van der Waals surface area (Å²) >= 11 is 0. The van der Waals surface area contributed by atoms with Crippen molar-refractivity contribution < 1.29 is 4.92 Å². The van der Waals surface area contributed by atoms with Crippen molar-refractivity contribution in [2.75, 3.05) is 11.1 Å². The van der Waals surface area contributed by atoms with Crippen LogP contribution >= 0.6 is 0 Å². The van der Waals surface area contributed by atoms with Gasteiger partial charge in [-0.3, -0.25) is 10.1 Å². The first-order valence-electron chi connectivity index (χ1n) is 7.56. The first-order chi connectivity index (χ1) is 10.0. The average molecular weight is 293 g/mol. The molecule has 3 N–H and O–H groups in total. The molecule has 0 unspecified atom stereocenters. The molecular weight excluding hydrogens is 270 g/mol. The van der Waals surface area contributed by atoms with E-state index in [1.54, 1.807) is 6.92 Å². The van der Waals surface area contributed by atoms with Crippen LogP contribution in [0.3, 0.4) is 0 Å². The Labute approximate surface area is 124 Å². The van der Waals surface area contributed by atoms with Crippen LogP contribution in [-0.2, 0) is 0 Å². The number of nitro groups is 1. The Hall–Kier alpha value is -1.92. The number of nitrogens with two attached hydrogens (primary N) is 1. The number of nitrogen functional groups attached to an aromatic ring is 1. The van der Waals surface area contributed by atoms with Crippen LogP contribution in [0.2, 0.25) is 0 Å². The maximum absolute atomic E-state index is 11.2. The molecule has 1 heterocycles. The van der Waals surface area contributed by atoms with Crippen LogP contribution in [0.4, 0.5) is 17.5 Å². The zero-order valence-corrected chi connectivity index (χ0v) is 12.6. The van der Waals surface area contributed by atoms with E-state index in [1.165, 1.54) is 25.7 Å². The molecule has 0 spiro atoms. The van der Waals surface area contributed by atoms with Gasteiger partial charge >= 0.3 is 5.69 Å². The molecule has 1 aliphatic rings. The van der Waals surface area contributed by atoms with E-state index in [0.717, 1.165) is 18.8 Å². The predicted molar refractivity (Wildman–Crippen MR) is 82.1 cm³/mol. The summed E-state index contributed by atoms with van der Waals surface area (Å²) in [6, 6.07) is 0.227. The van der Waals surface area contributed by atoms with Crippen LogP contribution in [0.5, 0.6) is 0 Å². The topological polar surface area (TPSA) is 107 Å². The van der Waals surface area contributed by atoms with E-state index in [2.05, 4.69) is 22.2 Å². The van der Waals surface area contributed by atoms with E-state index in [-0.39, 0.29) is 23.5 Å². The first-order valence-corrected chi connectivity index (χ1v) is 7.56. The second-order valence-corrected chi connectivity index (χ2v) is 5.77. The molecule has 116 valence electrons. The fourth-order valence-electron chi connectivity index (χ4n) is 3.10. The molecule has 0 amide bonds. The van der Waals surface area contributed by atoms with Crippen LogP contribution in [0.1, 0.15) is 51.1 Å². The number of rotatable bonds is 5. The number of nitrogens with zero attached hydrogens (tertiary/aromatic N) is 3. The molecule has 7 nitrogen and oxygen atoms in total. The van der Waals surface area contributed by atoms with Crippen LogP contribution in [0, 0.1) is 23.0 Å². The standard InChI is InChI=1S/C14H23N5O2/c1-3-4-10-5-7-11(8-6-10)17-13-12(19(20)21)9(2)16-14(15)18-13/h10-11H,3-8H2,1-2H3,(H3,15,16,17,18). The molecule has 0 aliphatic heterocycles. The van der Waals surface area contributed by atoms with Gasteiger partial charge in [0.05, 0.1) is 4.92 Å². The van der Waals surface area contributed by atoms with Gasteiger partial charge in [-0.2, -0.15) is 4.98 Å². The highest BCUT2D eigenvalue weighted by Gasteiger charge is 2.26. The normalized spacial score (nSPS) is 22.0. The number of hydrogen-bond donors (Lipinski definition) is 2. The number of hydrogen-bond acceptors (Lipinski definition) is 6. The van der Waals surface area contributed by atoms with Gasteiger partial charge in [-0.1, -0.05) is 19.8 Å². The van der Waals surface area contributed by atoms with Gasteiger partial charge in [-0.25, -0.2) is 4.98 Å². The van der Waals surface area contributed by atoms with Gasteiger partial charge in [0, 0.05) is 6.04 Å². The van der Waals surface area contributed by atoms with Gasteiger partial charge in [-0.15, -0.1) is 0 Å². The molecular formula is C14H23N5O2. The molecule has 1 fully saturated rings. The molecule has 0 radical (unpaired) electrons. The van der Waals surface area contributed by atoms with E-state index in [1.807, 2.05) is 0 Å². The van der Waals surface area contributed by atoms with E-state index >= 15 is 0 Å². The molecule has 2 rings (SSSR count). The Kier molecular flexibility index (Phi) is 4.93. The van der Waals surface area contributed by atoms with Crippen LogP contribution in [0.15, 0.2) is 0 Å². The van der Waals surface area contributed by atoms with Gasteiger partial charge in [0.2, 0.25) is 11.8 Å². The number of aromatic nitrogens is 2. The minimum absolute atomic E-state index is 0.0696. The summed E-state index contributed by atoms with van der Waals surface area (Å²) in [5.74, 6) is 1.12. The summed E-state index contributed by atoms with van der Waals surface area (Å²) in [4.78, 5) is 18.6. The van der Waals surface area contributed by atoms with Crippen molar-refractivity contribution in [3.05, 3.63) is 15.8 Å². The molecule has 1 aliphatic carbocycles. The smallest absolute Gasteiger partial charge is 0.332 e. The van der Waals surface area contributed by atoms with E-state index in [0.29, 0.717) is 5.69 Å². The molecule has 1 aromatic heterocycles. The second kappa shape index (κ2) is 6.69. The van der Waals surface area contributed by atoms with Crippen molar-refractivity contribution in [2.24, 2.45) is 5.92 Å². The van der Waals surface area contributed by atoms with Crippen molar-refractivity contribution in [2.45, 2.75) is 58.4 Å². The molecule has 0 atom stereocenters. The molecule has 0 bridgehead atoms. The highest BCUT2D eigenvalue weighted by Crippen LogP contribution is 2.32. The lowest BCUT2D eigenvalue weighted by atomic mass is 9.83. The minimum Gasteiger partial charge on any atom is -0.368 e. The first kappa shape index (κ1) is 15.5. The van der Waals surface area contributed by atoms with Gasteiger partial charge in [0.1, 0.15) is 5.69 Å². The summed E-state index contributed by atoms with van der Waals surface area (Å²) in [5, 5.41) is 14.4. The molecule has 21 heavy (non-hydrogen) atoms. The predicted octanol–water partition coefficient (Wildman–Crippen LogP) is 3.05.